The van der Waals surface area contributed by atoms with Gasteiger partial charge >= 0.3 is 12.1 Å². The lowest BCUT2D eigenvalue weighted by atomic mass is 9.86. The van der Waals surface area contributed by atoms with Crippen molar-refractivity contribution in [3.8, 4) is 11.8 Å². The zero-order chi connectivity index (χ0) is 32.6. The summed E-state index contributed by atoms with van der Waals surface area (Å²) in [4.78, 5) is 48.3. The number of primary amides is 1. The second-order valence-electron chi connectivity index (χ2n) is 11.3. The Morgan fingerprint density at radius 3 is 2.53 bits per heavy atom. The number of carbonyl (C=O) groups is 4. The zero-order valence-electron chi connectivity index (χ0n) is 26.0. The molecule has 0 saturated heterocycles. The number of rotatable bonds is 13. The number of methoxy groups -OCH3 is 1. The minimum atomic E-state index is -0.861. The van der Waals surface area contributed by atoms with E-state index in [0.717, 1.165) is 5.57 Å². The van der Waals surface area contributed by atoms with Crippen LogP contribution in [0.3, 0.4) is 0 Å². The average Bonchev–Trinajstić information content (AvgIpc) is 2.91. The fourth-order valence-corrected chi connectivity index (χ4v) is 4.07. The van der Waals surface area contributed by atoms with Gasteiger partial charge in [-0.25, -0.2) is 9.59 Å². The van der Waals surface area contributed by atoms with Crippen LogP contribution in [0.2, 0.25) is 0 Å². The van der Waals surface area contributed by atoms with Crippen LogP contribution in [0.15, 0.2) is 59.0 Å². The highest BCUT2D eigenvalue weighted by Gasteiger charge is 2.32. The summed E-state index contributed by atoms with van der Waals surface area (Å²) in [6.45, 7) is 11.2. The topological polar surface area (TPSA) is 146 Å². The first kappa shape index (κ1) is 37.1. The first-order valence-corrected chi connectivity index (χ1v) is 14.3. The van der Waals surface area contributed by atoms with E-state index in [1.165, 1.54) is 13.3 Å². The van der Waals surface area contributed by atoms with E-state index >= 15 is 0 Å². The van der Waals surface area contributed by atoms with Crippen molar-refractivity contribution in [1.82, 2.24) is 10.6 Å². The third-order valence-corrected chi connectivity index (χ3v) is 6.51. The second-order valence-corrected chi connectivity index (χ2v) is 11.9. The summed E-state index contributed by atoms with van der Waals surface area (Å²) in [5, 5.41) is 6.00. The highest BCUT2D eigenvalue weighted by Crippen LogP contribution is 2.23. The molecule has 1 heterocycles. The van der Waals surface area contributed by atoms with Crippen LogP contribution >= 0.6 is 11.6 Å². The first-order chi connectivity index (χ1) is 20.1. The molecular formula is C32H44ClN3O7. The van der Waals surface area contributed by atoms with Gasteiger partial charge < -0.3 is 30.6 Å². The third kappa shape index (κ3) is 15.2. The minimum absolute atomic E-state index is 0.0411. The molecule has 0 radical (unpaired) electrons. The van der Waals surface area contributed by atoms with Gasteiger partial charge in [0.25, 0.3) is 5.91 Å². The lowest BCUT2D eigenvalue weighted by Crippen LogP contribution is -2.52. The summed E-state index contributed by atoms with van der Waals surface area (Å²) in [5.74, 6) is 3.79. The van der Waals surface area contributed by atoms with E-state index in [-0.39, 0.29) is 30.3 Å². The molecule has 4 N–H and O–H groups in total. The summed E-state index contributed by atoms with van der Waals surface area (Å²) in [5.41, 5.74) is 5.35. The molecule has 0 spiro atoms. The molecule has 0 aromatic rings. The van der Waals surface area contributed by atoms with Crippen molar-refractivity contribution in [2.45, 2.75) is 73.0 Å². The summed E-state index contributed by atoms with van der Waals surface area (Å²) in [6, 6.07) is -0.855. The molecule has 0 saturated carbocycles. The SMILES string of the molecule is COC1=CC[C@@H]([C@@H](C)/C=C(C)/C=C\C#CC(=O)N[C@H](C(=O)N/C=C\C[C@H](C/C=C(\C)Cl)COC(N)=O)C(C)(C)C)OC1=O. The minimum Gasteiger partial charge on any atom is -0.490 e. The van der Waals surface area contributed by atoms with Crippen LogP contribution in [-0.4, -0.2) is 49.7 Å². The number of carbonyl (C=O) groups excluding carboxylic acids is 4. The van der Waals surface area contributed by atoms with Crippen LogP contribution in [0.5, 0.6) is 0 Å². The van der Waals surface area contributed by atoms with Crippen molar-refractivity contribution in [2.75, 3.05) is 13.7 Å². The number of hydrogen-bond acceptors (Lipinski definition) is 7. The number of ether oxygens (including phenoxy) is 3. The molecule has 1 aliphatic heterocycles. The van der Waals surface area contributed by atoms with Gasteiger partial charge in [0.2, 0.25) is 5.91 Å². The quantitative estimate of drug-likeness (QED) is 0.153. The standard InChI is InChI=1S/C32H44ClN3O7/c1-21(19-22(2)25-16-17-26(41-7)30(39)43-25)11-8-9-13-27(37)36-28(32(4,5)6)29(38)35-18-10-12-24(15-14-23(3)33)20-42-31(34)40/h8,10-11,14,17-19,22,24-25,28H,12,15-16,20H2,1-7H3,(H2,34,40)(H,35,38)(H,36,37)/b11-8-,18-10-,21-19+,23-14+/t22-,24+,25-,28+/m0/s1. The number of nitrogens with one attached hydrogen (secondary N) is 2. The van der Waals surface area contributed by atoms with E-state index in [1.54, 1.807) is 31.2 Å². The van der Waals surface area contributed by atoms with Crippen LogP contribution in [0.25, 0.3) is 0 Å². The molecule has 43 heavy (non-hydrogen) atoms. The van der Waals surface area contributed by atoms with Crippen LogP contribution in [0.1, 0.15) is 60.8 Å². The van der Waals surface area contributed by atoms with Gasteiger partial charge in [0.15, 0.2) is 5.76 Å². The maximum Gasteiger partial charge on any atom is 0.404 e. The van der Waals surface area contributed by atoms with E-state index in [9.17, 15) is 19.2 Å². The molecule has 4 atom stereocenters. The Morgan fingerprint density at radius 2 is 1.95 bits per heavy atom. The number of esters is 1. The molecule has 10 nitrogen and oxygen atoms in total. The van der Waals surface area contributed by atoms with Gasteiger partial charge in [0, 0.05) is 23.3 Å². The van der Waals surface area contributed by atoms with Crippen LogP contribution in [0.4, 0.5) is 4.79 Å². The van der Waals surface area contributed by atoms with E-state index in [2.05, 4.69) is 22.5 Å². The summed E-state index contributed by atoms with van der Waals surface area (Å²) in [6.07, 6.45) is 12.5. The van der Waals surface area contributed by atoms with Gasteiger partial charge in [-0.1, -0.05) is 75.1 Å². The lowest BCUT2D eigenvalue weighted by Gasteiger charge is -2.29. The predicted molar refractivity (Wildman–Crippen MR) is 166 cm³/mol. The fraction of sp³-hybridized carbons (Fsp3) is 0.500. The normalized spacial score (nSPS) is 18.1. The molecule has 0 fully saturated rings. The van der Waals surface area contributed by atoms with E-state index < -0.39 is 35.3 Å². The predicted octanol–water partition coefficient (Wildman–Crippen LogP) is 4.77. The molecule has 0 unspecified atom stereocenters. The van der Waals surface area contributed by atoms with Crippen LogP contribution in [-0.2, 0) is 28.6 Å². The lowest BCUT2D eigenvalue weighted by molar-refractivity contribution is -0.151. The maximum atomic E-state index is 12.9. The number of halogens is 1. The Labute approximate surface area is 259 Å². The molecular weight excluding hydrogens is 574 g/mol. The molecule has 1 rings (SSSR count). The van der Waals surface area contributed by atoms with Crippen molar-refractivity contribution in [2.24, 2.45) is 23.0 Å². The Kier molecular flexibility index (Phi) is 16.0. The molecule has 0 aromatic carbocycles. The third-order valence-electron chi connectivity index (χ3n) is 6.35. The molecule has 0 aromatic heterocycles. The smallest absolute Gasteiger partial charge is 0.404 e. The highest BCUT2D eigenvalue weighted by atomic mass is 35.5. The van der Waals surface area contributed by atoms with Crippen molar-refractivity contribution >= 4 is 35.5 Å². The first-order valence-electron chi connectivity index (χ1n) is 14.0. The molecule has 1 aliphatic rings. The van der Waals surface area contributed by atoms with Crippen LogP contribution in [0, 0.1) is 29.1 Å². The maximum absolute atomic E-state index is 12.9. The van der Waals surface area contributed by atoms with E-state index in [1.807, 2.05) is 46.8 Å². The van der Waals surface area contributed by atoms with Gasteiger partial charge in [-0.05, 0) is 56.4 Å². The fourth-order valence-electron chi connectivity index (χ4n) is 3.99. The Bertz CT molecular complexity index is 1210. The molecule has 11 heteroatoms. The van der Waals surface area contributed by atoms with Crippen molar-refractivity contribution < 1.29 is 33.4 Å². The van der Waals surface area contributed by atoms with Crippen LogP contribution < -0.4 is 16.4 Å². The largest absolute Gasteiger partial charge is 0.490 e. The van der Waals surface area contributed by atoms with Gasteiger partial charge in [-0.15, -0.1) is 0 Å². The molecule has 0 bridgehead atoms. The molecule has 236 valence electrons. The highest BCUT2D eigenvalue weighted by molar-refractivity contribution is 6.29. The second kappa shape index (κ2) is 18.5. The van der Waals surface area contributed by atoms with Gasteiger partial charge in [0.05, 0.1) is 13.7 Å². The molecule has 3 amide bonds. The number of allylic oxidation sites excluding steroid dienone is 6. The summed E-state index contributed by atoms with van der Waals surface area (Å²) < 4.78 is 15.3. The van der Waals surface area contributed by atoms with Gasteiger partial charge in [-0.2, -0.15) is 0 Å². The average molecular weight is 618 g/mol. The monoisotopic (exact) mass is 617 g/mol. The number of nitrogens with two attached hydrogens (primary N) is 1. The number of cyclic esters (lactones) is 1. The molecule has 0 aliphatic carbocycles. The van der Waals surface area contributed by atoms with E-state index in [0.29, 0.717) is 24.3 Å². The van der Waals surface area contributed by atoms with Gasteiger partial charge in [0.1, 0.15) is 12.1 Å². The van der Waals surface area contributed by atoms with Crippen molar-refractivity contribution in [3.05, 3.63) is 59.0 Å². The zero-order valence-corrected chi connectivity index (χ0v) is 26.7. The Hall–Kier alpha value is -3.97. The Morgan fingerprint density at radius 1 is 1.26 bits per heavy atom. The van der Waals surface area contributed by atoms with E-state index in [4.69, 9.17) is 31.5 Å². The Balaban J connectivity index is 2.73. The summed E-state index contributed by atoms with van der Waals surface area (Å²) >= 11 is 5.90. The van der Waals surface area contributed by atoms with Crippen molar-refractivity contribution in [3.63, 3.8) is 0 Å². The summed E-state index contributed by atoms with van der Waals surface area (Å²) in [7, 11) is 1.43. The number of hydrogen-bond donors (Lipinski definition) is 3. The van der Waals surface area contributed by atoms with Gasteiger partial charge in [-0.3, -0.25) is 9.59 Å². The van der Waals surface area contributed by atoms with Crippen molar-refractivity contribution in [1.29, 1.82) is 0 Å². The number of amides is 3.